The average Bonchev–Trinajstić information content (AvgIpc) is 2.60. The van der Waals surface area contributed by atoms with E-state index in [1.807, 2.05) is 0 Å². The maximum absolute atomic E-state index is 11.7. The van der Waals surface area contributed by atoms with Crippen molar-refractivity contribution in [3.8, 4) is 0 Å². The van der Waals surface area contributed by atoms with Gasteiger partial charge in [0.1, 0.15) is 11.6 Å². The molecule has 1 aliphatic rings. The topological polar surface area (TPSA) is 63.2 Å². The molecule has 82 valence electrons. The van der Waals surface area contributed by atoms with E-state index in [2.05, 4.69) is 9.97 Å². The number of ketones is 1. The van der Waals surface area contributed by atoms with Crippen molar-refractivity contribution in [3.05, 3.63) is 29.9 Å². The van der Waals surface area contributed by atoms with E-state index in [1.165, 1.54) is 11.8 Å². The Morgan fingerprint density at radius 3 is 2.81 bits per heavy atom. The third kappa shape index (κ3) is 1.84. The van der Waals surface area contributed by atoms with Crippen LogP contribution in [0.2, 0.25) is 0 Å². The third-order valence-electron chi connectivity index (χ3n) is 2.36. The summed E-state index contributed by atoms with van der Waals surface area (Å²) in [5, 5.41) is 0. The first-order valence-corrected chi connectivity index (χ1v) is 4.91. The molecule has 0 aliphatic carbocycles. The number of nitrogens with zero attached hydrogens (tertiary/aromatic N) is 3. The van der Waals surface area contributed by atoms with Crippen LogP contribution in [0, 0.1) is 6.92 Å². The van der Waals surface area contributed by atoms with Gasteiger partial charge in [-0.05, 0) is 19.9 Å². The zero-order valence-corrected chi connectivity index (χ0v) is 9.10. The average molecular weight is 217 g/mol. The number of carbonyl (C=O) groups excluding carboxylic acids is 2. The summed E-state index contributed by atoms with van der Waals surface area (Å²) >= 11 is 0. The third-order valence-corrected chi connectivity index (χ3v) is 2.36. The minimum atomic E-state index is -0.136. The molecule has 0 aromatic carbocycles. The van der Waals surface area contributed by atoms with Crippen LogP contribution in [0.4, 0.5) is 5.82 Å². The molecule has 0 bridgehead atoms. The lowest BCUT2D eigenvalue weighted by atomic mass is 10.2. The smallest absolute Gasteiger partial charge is 0.236 e. The summed E-state index contributed by atoms with van der Waals surface area (Å²) in [6.07, 6.45) is 3.29. The van der Waals surface area contributed by atoms with Crippen molar-refractivity contribution in [2.24, 2.45) is 0 Å². The fraction of sp³-hybridized carbons (Fsp3) is 0.273. The SMILES string of the molecule is CC(=O)C1=CN(c2ccnc(C)n2)C(=O)C1. The summed E-state index contributed by atoms with van der Waals surface area (Å²) < 4.78 is 0. The van der Waals surface area contributed by atoms with Gasteiger partial charge in [-0.2, -0.15) is 0 Å². The molecule has 1 aliphatic heterocycles. The number of amides is 1. The summed E-state index contributed by atoms with van der Waals surface area (Å²) in [7, 11) is 0. The Kier molecular flexibility index (Phi) is 2.52. The van der Waals surface area contributed by atoms with Crippen LogP contribution in [0.15, 0.2) is 24.0 Å². The molecule has 0 fully saturated rings. The second kappa shape index (κ2) is 3.84. The Morgan fingerprint density at radius 2 is 2.25 bits per heavy atom. The number of aryl methyl sites for hydroxylation is 1. The predicted molar refractivity (Wildman–Crippen MR) is 57.6 cm³/mol. The van der Waals surface area contributed by atoms with Gasteiger partial charge >= 0.3 is 0 Å². The van der Waals surface area contributed by atoms with E-state index >= 15 is 0 Å². The number of rotatable bonds is 2. The largest absolute Gasteiger partial charge is 0.295 e. The van der Waals surface area contributed by atoms with Crippen LogP contribution in [0.5, 0.6) is 0 Å². The van der Waals surface area contributed by atoms with Crippen molar-refractivity contribution >= 4 is 17.5 Å². The second-order valence-corrected chi connectivity index (χ2v) is 3.61. The van der Waals surface area contributed by atoms with Crippen LogP contribution in [-0.4, -0.2) is 21.7 Å². The number of hydrogen-bond acceptors (Lipinski definition) is 4. The first-order chi connectivity index (χ1) is 7.58. The van der Waals surface area contributed by atoms with Crippen LogP contribution in [0.3, 0.4) is 0 Å². The summed E-state index contributed by atoms with van der Waals surface area (Å²) in [5.74, 6) is 0.883. The van der Waals surface area contributed by atoms with Crippen LogP contribution in [-0.2, 0) is 9.59 Å². The molecule has 1 amide bonds. The van der Waals surface area contributed by atoms with Gasteiger partial charge in [0, 0.05) is 18.0 Å². The van der Waals surface area contributed by atoms with Crippen molar-refractivity contribution in [2.45, 2.75) is 20.3 Å². The molecule has 2 rings (SSSR count). The highest BCUT2D eigenvalue weighted by molar-refractivity contribution is 6.08. The van der Waals surface area contributed by atoms with Crippen LogP contribution < -0.4 is 4.90 Å². The molecule has 0 unspecified atom stereocenters. The molecule has 16 heavy (non-hydrogen) atoms. The molecule has 5 nitrogen and oxygen atoms in total. The summed E-state index contributed by atoms with van der Waals surface area (Å²) in [4.78, 5) is 32.3. The van der Waals surface area contributed by atoms with Gasteiger partial charge in [0.25, 0.3) is 0 Å². The maximum atomic E-state index is 11.7. The van der Waals surface area contributed by atoms with E-state index in [0.29, 0.717) is 17.2 Å². The monoisotopic (exact) mass is 217 g/mol. The number of aromatic nitrogens is 2. The predicted octanol–water partition coefficient (Wildman–Crippen LogP) is 0.995. The van der Waals surface area contributed by atoms with E-state index < -0.39 is 0 Å². The Balaban J connectivity index is 2.35. The fourth-order valence-corrected chi connectivity index (χ4v) is 1.51. The van der Waals surface area contributed by atoms with Crippen LogP contribution >= 0.6 is 0 Å². The molecule has 0 radical (unpaired) electrons. The van der Waals surface area contributed by atoms with Gasteiger partial charge in [0.15, 0.2) is 5.78 Å². The molecular formula is C11H11N3O2. The molecule has 0 N–H and O–H groups in total. The number of hydrogen-bond donors (Lipinski definition) is 0. The van der Waals surface area contributed by atoms with E-state index in [1.54, 1.807) is 25.4 Å². The van der Waals surface area contributed by atoms with Crippen molar-refractivity contribution in [1.29, 1.82) is 0 Å². The van der Waals surface area contributed by atoms with Crippen LogP contribution in [0.1, 0.15) is 19.2 Å². The lowest BCUT2D eigenvalue weighted by Gasteiger charge is -2.11. The standard InChI is InChI=1S/C11H11N3O2/c1-7(15)9-5-11(16)14(6-9)10-3-4-12-8(2)13-10/h3-4,6H,5H2,1-2H3. The maximum Gasteiger partial charge on any atom is 0.236 e. The van der Waals surface area contributed by atoms with Gasteiger partial charge in [-0.3, -0.25) is 14.5 Å². The second-order valence-electron chi connectivity index (χ2n) is 3.61. The number of carbonyl (C=O) groups is 2. The first-order valence-electron chi connectivity index (χ1n) is 4.91. The van der Waals surface area contributed by atoms with Gasteiger partial charge in [-0.1, -0.05) is 0 Å². The zero-order valence-electron chi connectivity index (χ0n) is 9.10. The Bertz CT molecular complexity index is 494. The molecule has 5 heteroatoms. The minimum Gasteiger partial charge on any atom is -0.295 e. The molecule has 0 saturated carbocycles. The van der Waals surface area contributed by atoms with E-state index in [4.69, 9.17) is 0 Å². The molecule has 0 spiro atoms. The Hall–Kier alpha value is -2.04. The highest BCUT2D eigenvalue weighted by atomic mass is 16.2. The summed E-state index contributed by atoms with van der Waals surface area (Å²) in [6.45, 7) is 3.20. The first kappa shape index (κ1) is 10.5. The highest BCUT2D eigenvalue weighted by Gasteiger charge is 2.25. The summed E-state index contributed by atoms with van der Waals surface area (Å²) in [5.41, 5.74) is 0.515. The Labute approximate surface area is 92.8 Å². The summed E-state index contributed by atoms with van der Waals surface area (Å²) in [6, 6.07) is 1.64. The molecule has 0 atom stereocenters. The molecule has 1 aromatic heterocycles. The van der Waals surface area contributed by atoms with E-state index in [0.717, 1.165) is 0 Å². The molecule has 1 aromatic rings. The Morgan fingerprint density at radius 1 is 1.50 bits per heavy atom. The van der Waals surface area contributed by atoms with E-state index in [9.17, 15) is 9.59 Å². The van der Waals surface area contributed by atoms with Crippen molar-refractivity contribution < 1.29 is 9.59 Å². The van der Waals surface area contributed by atoms with Crippen LogP contribution in [0.25, 0.3) is 0 Å². The zero-order chi connectivity index (χ0) is 11.7. The minimum absolute atomic E-state index is 0.0818. The highest BCUT2D eigenvalue weighted by Crippen LogP contribution is 2.22. The fourth-order valence-electron chi connectivity index (χ4n) is 1.51. The van der Waals surface area contributed by atoms with Crippen molar-refractivity contribution in [3.63, 3.8) is 0 Å². The number of anilines is 1. The molecular weight excluding hydrogens is 206 g/mol. The van der Waals surface area contributed by atoms with Gasteiger partial charge < -0.3 is 0 Å². The van der Waals surface area contributed by atoms with Gasteiger partial charge in [0.2, 0.25) is 5.91 Å². The number of Topliss-reactive ketones (excluding diaryl/α,β-unsaturated/α-hetero) is 1. The van der Waals surface area contributed by atoms with Crippen molar-refractivity contribution in [2.75, 3.05) is 4.90 Å². The lowest BCUT2D eigenvalue weighted by Crippen LogP contribution is -2.21. The van der Waals surface area contributed by atoms with E-state index in [-0.39, 0.29) is 18.1 Å². The molecule has 0 saturated heterocycles. The lowest BCUT2D eigenvalue weighted by molar-refractivity contribution is -0.118. The van der Waals surface area contributed by atoms with Gasteiger partial charge in [-0.15, -0.1) is 0 Å². The molecule has 2 heterocycles. The normalized spacial score (nSPS) is 15.2. The van der Waals surface area contributed by atoms with Crippen molar-refractivity contribution in [1.82, 2.24) is 9.97 Å². The van der Waals surface area contributed by atoms with Gasteiger partial charge in [-0.25, -0.2) is 9.97 Å². The quantitative estimate of drug-likeness (QED) is 0.741. The van der Waals surface area contributed by atoms with Gasteiger partial charge in [0.05, 0.1) is 6.42 Å².